The minimum absolute atomic E-state index is 0.00681. The van der Waals surface area contributed by atoms with Gasteiger partial charge in [-0.25, -0.2) is 9.59 Å². The fourth-order valence-corrected chi connectivity index (χ4v) is 10.1. The molecule has 0 spiro atoms. The summed E-state index contributed by atoms with van der Waals surface area (Å²) in [5.74, 6) is 0.0112. The van der Waals surface area contributed by atoms with Gasteiger partial charge in [0, 0.05) is 50.4 Å². The van der Waals surface area contributed by atoms with Crippen LogP contribution in [0.5, 0.6) is 0 Å². The molecule has 2 N–H and O–H groups in total. The lowest BCUT2D eigenvalue weighted by atomic mass is 9.43. The Morgan fingerprint density at radius 2 is 1.91 bits per heavy atom. The van der Waals surface area contributed by atoms with Crippen LogP contribution in [0.3, 0.4) is 0 Å². The molecule has 1 aliphatic heterocycles. The first-order chi connectivity index (χ1) is 20.9. The minimum atomic E-state index is -1.04. The van der Waals surface area contributed by atoms with E-state index < -0.39 is 28.9 Å². The van der Waals surface area contributed by atoms with Gasteiger partial charge in [0.2, 0.25) is 5.91 Å². The Morgan fingerprint density at radius 1 is 1.09 bits per heavy atom. The molecule has 11 nitrogen and oxygen atoms in total. The number of hydrogen-bond donors (Lipinski definition) is 2. The monoisotopic (exact) mass is 614 g/mol. The normalized spacial score (nSPS) is 40.1. The zero-order chi connectivity index (χ0) is 31.3. The van der Waals surface area contributed by atoms with Crippen molar-refractivity contribution in [2.75, 3.05) is 32.8 Å². The summed E-state index contributed by atoms with van der Waals surface area (Å²) in [5.41, 5.74) is -1.27. The summed E-state index contributed by atoms with van der Waals surface area (Å²) in [6.07, 6.45) is 6.35. The largest absolute Gasteiger partial charge is 0.508 e. The fourth-order valence-electron chi connectivity index (χ4n) is 10.1. The third-order valence-electron chi connectivity index (χ3n) is 12.2. The molecular weight excluding hydrogens is 568 g/mol. The number of rotatable bonds is 6. The van der Waals surface area contributed by atoms with Crippen LogP contribution in [0.15, 0.2) is 27.6 Å². The second-order valence-corrected chi connectivity index (χ2v) is 14.3. The highest BCUT2D eigenvalue weighted by Gasteiger charge is 2.70. The minimum Gasteiger partial charge on any atom is -0.462 e. The van der Waals surface area contributed by atoms with E-state index in [4.69, 9.17) is 18.6 Å². The average molecular weight is 615 g/mol. The molecule has 5 aliphatic rings. The summed E-state index contributed by atoms with van der Waals surface area (Å²) in [4.78, 5) is 49.9. The van der Waals surface area contributed by atoms with Crippen LogP contribution in [0.1, 0.15) is 83.6 Å². The van der Waals surface area contributed by atoms with Crippen molar-refractivity contribution in [1.29, 1.82) is 0 Å². The molecular formula is C33H46N2O9. The molecule has 4 saturated carbocycles. The molecule has 2 heterocycles. The Hall–Kier alpha value is -2.92. The van der Waals surface area contributed by atoms with Crippen LogP contribution in [0.2, 0.25) is 0 Å². The number of piperazine rings is 1. The van der Waals surface area contributed by atoms with Crippen LogP contribution in [0.25, 0.3) is 0 Å². The number of ether oxygens (including phenoxy) is 3. The van der Waals surface area contributed by atoms with Gasteiger partial charge < -0.3 is 29.1 Å². The summed E-state index contributed by atoms with van der Waals surface area (Å²) in [6, 6.07) is 3.14. The molecule has 0 radical (unpaired) electrons. The highest BCUT2D eigenvalue weighted by atomic mass is 16.7. The number of carbonyl (C=O) groups excluding carboxylic acids is 3. The number of nitrogens with zero attached hydrogens (tertiary/aromatic N) is 1. The number of fused-ring (bicyclic) bond motifs is 5. The van der Waals surface area contributed by atoms with E-state index in [1.165, 1.54) is 19.3 Å². The summed E-state index contributed by atoms with van der Waals surface area (Å²) in [6.45, 7) is 8.20. The van der Waals surface area contributed by atoms with Gasteiger partial charge in [0.1, 0.15) is 18.8 Å². The zero-order valence-electron chi connectivity index (χ0n) is 26.0. The van der Waals surface area contributed by atoms with Crippen molar-refractivity contribution in [3.63, 3.8) is 0 Å². The first-order valence-corrected chi connectivity index (χ1v) is 16.2. The third kappa shape index (κ3) is 5.44. The van der Waals surface area contributed by atoms with Crippen LogP contribution in [-0.4, -0.2) is 78.6 Å². The van der Waals surface area contributed by atoms with Crippen LogP contribution in [-0.2, 0) is 23.8 Å². The number of amides is 1. The van der Waals surface area contributed by atoms with Crippen LogP contribution >= 0.6 is 0 Å². The zero-order valence-corrected chi connectivity index (χ0v) is 26.0. The molecule has 5 fully saturated rings. The molecule has 0 unspecified atom stereocenters. The van der Waals surface area contributed by atoms with Crippen LogP contribution < -0.4 is 10.9 Å². The maximum Gasteiger partial charge on any atom is 0.508 e. The van der Waals surface area contributed by atoms with Gasteiger partial charge in [-0.2, -0.15) is 0 Å². The molecule has 1 aromatic heterocycles. The number of esters is 1. The molecule has 1 saturated heterocycles. The molecule has 9 atom stereocenters. The van der Waals surface area contributed by atoms with Gasteiger partial charge >= 0.3 is 17.8 Å². The molecule has 0 aromatic carbocycles. The van der Waals surface area contributed by atoms with E-state index in [9.17, 15) is 24.3 Å². The van der Waals surface area contributed by atoms with Crippen molar-refractivity contribution < 1.29 is 38.1 Å². The number of nitrogens with one attached hydrogen (secondary N) is 1. The molecule has 11 heteroatoms. The topological polar surface area (TPSA) is 145 Å². The second kappa shape index (κ2) is 11.8. The molecule has 4 aliphatic carbocycles. The lowest BCUT2D eigenvalue weighted by Crippen LogP contribution is -2.62. The van der Waals surface area contributed by atoms with Gasteiger partial charge in [-0.3, -0.25) is 14.5 Å². The third-order valence-corrected chi connectivity index (χ3v) is 12.2. The van der Waals surface area contributed by atoms with Crippen molar-refractivity contribution in [3.05, 3.63) is 34.4 Å². The maximum absolute atomic E-state index is 12.7. The van der Waals surface area contributed by atoms with Gasteiger partial charge in [0.25, 0.3) is 0 Å². The first-order valence-electron chi connectivity index (χ1n) is 16.2. The standard InChI is InChI=1S/C33H46N2O9/c1-20(36)43-26-17-33(40)25-6-5-22-16-23(44-30(39)41-15-14-35-13-12-34-27(37)18-35)8-10-31(22,2)24(25)9-11-32(33,3)29(26)21-4-7-28(38)42-19-21/h4,7,19,22-26,29,40H,5-6,8-18H2,1-3H3,(H,34,37)/t22-,23+,24+,25-,26+,29+,31+,32-,33+/m1/s1. The van der Waals surface area contributed by atoms with Crippen molar-refractivity contribution in [2.24, 2.45) is 28.6 Å². The lowest BCUT2D eigenvalue weighted by Gasteiger charge is -2.63. The lowest BCUT2D eigenvalue weighted by molar-refractivity contribution is -0.206. The molecule has 6 rings (SSSR count). The Labute approximate surface area is 258 Å². The Kier molecular flexibility index (Phi) is 8.32. The van der Waals surface area contributed by atoms with Crippen molar-refractivity contribution in [3.8, 4) is 0 Å². The van der Waals surface area contributed by atoms with Crippen molar-refractivity contribution in [2.45, 2.75) is 95.9 Å². The highest BCUT2D eigenvalue weighted by Crippen LogP contribution is 2.71. The van der Waals surface area contributed by atoms with E-state index in [1.54, 1.807) is 6.07 Å². The van der Waals surface area contributed by atoms with Gasteiger partial charge in [-0.1, -0.05) is 13.8 Å². The molecule has 0 bridgehead atoms. The van der Waals surface area contributed by atoms with Crippen molar-refractivity contribution in [1.82, 2.24) is 10.2 Å². The predicted molar refractivity (Wildman–Crippen MR) is 158 cm³/mol. The smallest absolute Gasteiger partial charge is 0.462 e. The SMILES string of the molecule is CC(=O)O[C@H]1C[C@]2(O)[C@@H]3CC[C@@H]4C[C@@H](OC(=O)OCCN5CCNC(=O)C5)CC[C@]4(C)[C@H]3CC[C@]2(C)[C@H]1c1ccc(=O)oc1. The average Bonchev–Trinajstić information content (AvgIpc) is 3.19. The molecule has 242 valence electrons. The second-order valence-electron chi connectivity index (χ2n) is 14.3. The van der Waals surface area contributed by atoms with Gasteiger partial charge in [0.15, 0.2) is 0 Å². The van der Waals surface area contributed by atoms with E-state index in [0.29, 0.717) is 37.9 Å². The van der Waals surface area contributed by atoms with Crippen LogP contribution in [0, 0.1) is 28.6 Å². The Balaban J connectivity index is 1.12. The number of aliphatic hydroxyl groups is 1. The number of hydrogen-bond acceptors (Lipinski definition) is 10. The molecule has 1 aromatic rings. The van der Waals surface area contributed by atoms with E-state index in [1.807, 2.05) is 4.90 Å². The summed E-state index contributed by atoms with van der Waals surface area (Å²) in [7, 11) is 0. The van der Waals surface area contributed by atoms with E-state index in [0.717, 1.165) is 57.1 Å². The number of carbonyl (C=O) groups is 3. The van der Waals surface area contributed by atoms with E-state index >= 15 is 0 Å². The van der Waals surface area contributed by atoms with E-state index in [-0.39, 0.29) is 41.8 Å². The van der Waals surface area contributed by atoms with E-state index in [2.05, 4.69) is 19.2 Å². The summed E-state index contributed by atoms with van der Waals surface area (Å²) < 4.78 is 22.2. The summed E-state index contributed by atoms with van der Waals surface area (Å²) in [5, 5.41) is 15.5. The fraction of sp³-hybridized carbons (Fsp3) is 0.758. The first kappa shape index (κ1) is 31.1. The Morgan fingerprint density at radius 3 is 2.64 bits per heavy atom. The van der Waals surface area contributed by atoms with Gasteiger partial charge in [-0.05, 0) is 79.7 Å². The Bertz CT molecular complexity index is 1310. The highest BCUT2D eigenvalue weighted by molar-refractivity contribution is 5.78. The maximum atomic E-state index is 12.7. The molecule has 44 heavy (non-hydrogen) atoms. The predicted octanol–water partition coefficient (Wildman–Crippen LogP) is 3.38. The summed E-state index contributed by atoms with van der Waals surface area (Å²) >= 11 is 0. The van der Waals surface area contributed by atoms with Crippen LogP contribution in [0.4, 0.5) is 4.79 Å². The molecule has 1 amide bonds. The van der Waals surface area contributed by atoms with Crippen molar-refractivity contribution >= 4 is 18.0 Å². The quantitative estimate of drug-likeness (QED) is 0.458. The van der Waals surface area contributed by atoms with Gasteiger partial charge in [-0.15, -0.1) is 0 Å². The van der Waals surface area contributed by atoms with Gasteiger partial charge in [0.05, 0.1) is 18.4 Å².